The molecule has 1 N–H and O–H groups in total. The van der Waals surface area contributed by atoms with Crippen LogP contribution in [0.4, 0.5) is 0 Å². The molecule has 26 heavy (non-hydrogen) atoms. The summed E-state index contributed by atoms with van der Waals surface area (Å²) in [6.45, 7) is 1.68. The van der Waals surface area contributed by atoms with Crippen LogP contribution in [0.2, 0.25) is 0 Å². The zero-order valence-electron chi connectivity index (χ0n) is 14.1. The number of carbonyl (C=O) groups is 2. The second kappa shape index (κ2) is 7.57. The Morgan fingerprint density at radius 2 is 1.54 bits per heavy atom. The van der Waals surface area contributed by atoms with Crippen molar-refractivity contribution in [3.05, 3.63) is 100 Å². The van der Waals surface area contributed by atoms with Crippen LogP contribution in [0.1, 0.15) is 32.6 Å². The Morgan fingerprint density at radius 3 is 2.12 bits per heavy atom. The third-order valence-electron chi connectivity index (χ3n) is 3.86. The van der Waals surface area contributed by atoms with Crippen molar-refractivity contribution in [2.75, 3.05) is 0 Å². The molecule has 2 aromatic carbocycles. The molecule has 130 valence electrons. The van der Waals surface area contributed by atoms with Crippen molar-refractivity contribution in [3.63, 3.8) is 0 Å². The molecule has 1 amide bonds. The first-order chi connectivity index (χ1) is 12.6. The standard InChI is InChI=1S/C20H17N3O3/c1-14-12-17(24)23(13-21-14)19(18(25)15-8-4-2-5-9-15)22-20(26)16-10-6-3-7-11-16/h2-13,19H,1H3,(H,22,26)/t19-/m1/s1. The molecule has 0 saturated carbocycles. The molecular weight excluding hydrogens is 330 g/mol. The van der Waals surface area contributed by atoms with Crippen LogP contribution in [0.5, 0.6) is 0 Å². The lowest BCUT2D eigenvalue weighted by atomic mass is 10.1. The number of aryl methyl sites for hydroxylation is 1. The second-order valence-electron chi connectivity index (χ2n) is 5.75. The highest BCUT2D eigenvalue weighted by molar-refractivity contribution is 6.03. The van der Waals surface area contributed by atoms with Gasteiger partial charge in [0.25, 0.3) is 11.5 Å². The number of ketones is 1. The third-order valence-corrected chi connectivity index (χ3v) is 3.86. The number of hydrogen-bond acceptors (Lipinski definition) is 4. The van der Waals surface area contributed by atoms with Crippen LogP contribution in [0.3, 0.4) is 0 Å². The Labute approximate surface area is 150 Å². The molecule has 0 radical (unpaired) electrons. The van der Waals surface area contributed by atoms with Crippen LogP contribution in [-0.4, -0.2) is 21.2 Å². The fraction of sp³-hybridized carbons (Fsp3) is 0.100. The van der Waals surface area contributed by atoms with E-state index in [-0.39, 0.29) is 0 Å². The fourth-order valence-electron chi connectivity index (χ4n) is 2.51. The summed E-state index contributed by atoms with van der Waals surface area (Å²) in [5.74, 6) is -0.852. The SMILES string of the molecule is Cc1cc(=O)n([C@@H](NC(=O)c2ccccc2)C(=O)c2ccccc2)cn1. The van der Waals surface area contributed by atoms with E-state index < -0.39 is 23.4 Å². The van der Waals surface area contributed by atoms with Gasteiger partial charge in [-0.3, -0.25) is 19.0 Å². The molecule has 0 fully saturated rings. The van der Waals surface area contributed by atoms with E-state index in [1.54, 1.807) is 67.6 Å². The Balaban J connectivity index is 2.00. The molecule has 6 heteroatoms. The summed E-state index contributed by atoms with van der Waals surface area (Å²) >= 11 is 0. The van der Waals surface area contributed by atoms with Crippen LogP contribution in [0.15, 0.2) is 77.9 Å². The van der Waals surface area contributed by atoms with E-state index in [0.717, 1.165) is 4.57 Å². The molecule has 0 bridgehead atoms. The van der Waals surface area contributed by atoms with Crippen molar-refractivity contribution in [1.82, 2.24) is 14.9 Å². The molecule has 1 aromatic heterocycles. The van der Waals surface area contributed by atoms with Gasteiger partial charge in [0.05, 0.1) is 6.33 Å². The van der Waals surface area contributed by atoms with Gasteiger partial charge in [-0.1, -0.05) is 48.5 Å². The number of carbonyl (C=O) groups excluding carboxylic acids is 2. The van der Waals surface area contributed by atoms with Crippen LogP contribution in [0.25, 0.3) is 0 Å². The van der Waals surface area contributed by atoms with E-state index in [1.165, 1.54) is 12.4 Å². The molecule has 1 heterocycles. The average molecular weight is 347 g/mol. The molecule has 1 atom stereocenters. The van der Waals surface area contributed by atoms with Gasteiger partial charge in [-0.2, -0.15) is 0 Å². The number of Topliss-reactive ketones (excluding diaryl/α,β-unsaturated/α-hetero) is 1. The van der Waals surface area contributed by atoms with Crippen molar-refractivity contribution in [3.8, 4) is 0 Å². The van der Waals surface area contributed by atoms with Gasteiger partial charge in [0, 0.05) is 22.9 Å². The normalized spacial score (nSPS) is 11.6. The quantitative estimate of drug-likeness (QED) is 0.719. The molecule has 0 spiro atoms. The Morgan fingerprint density at radius 1 is 0.962 bits per heavy atom. The highest BCUT2D eigenvalue weighted by atomic mass is 16.2. The summed E-state index contributed by atoms with van der Waals surface area (Å²) in [4.78, 5) is 41.9. The van der Waals surface area contributed by atoms with E-state index in [0.29, 0.717) is 16.8 Å². The number of benzene rings is 2. The number of amides is 1. The molecule has 0 aliphatic heterocycles. The molecular formula is C20H17N3O3. The maximum atomic E-state index is 12.9. The van der Waals surface area contributed by atoms with Gasteiger partial charge >= 0.3 is 0 Å². The van der Waals surface area contributed by atoms with Crippen molar-refractivity contribution in [1.29, 1.82) is 0 Å². The van der Waals surface area contributed by atoms with Gasteiger partial charge in [0.15, 0.2) is 6.17 Å². The Bertz CT molecular complexity index is 982. The molecule has 3 rings (SSSR count). The highest BCUT2D eigenvalue weighted by Crippen LogP contribution is 2.12. The zero-order chi connectivity index (χ0) is 18.5. The molecule has 0 unspecified atom stereocenters. The lowest BCUT2D eigenvalue weighted by Gasteiger charge is -2.20. The number of hydrogen-bond donors (Lipinski definition) is 1. The minimum atomic E-state index is -1.19. The second-order valence-corrected chi connectivity index (χ2v) is 5.75. The molecule has 3 aromatic rings. The lowest BCUT2D eigenvalue weighted by molar-refractivity contribution is 0.0812. The summed E-state index contributed by atoms with van der Waals surface area (Å²) in [6.07, 6.45) is 0.0831. The molecule has 0 aliphatic rings. The van der Waals surface area contributed by atoms with Gasteiger partial charge in [0.1, 0.15) is 0 Å². The fourth-order valence-corrected chi connectivity index (χ4v) is 2.51. The van der Waals surface area contributed by atoms with Crippen molar-refractivity contribution in [2.24, 2.45) is 0 Å². The van der Waals surface area contributed by atoms with Gasteiger partial charge in [-0.15, -0.1) is 0 Å². The van der Waals surface area contributed by atoms with Gasteiger partial charge in [0.2, 0.25) is 5.78 Å². The lowest BCUT2D eigenvalue weighted by Crippen LogP contribution is -2.42. The summed E-state index contributed by atoms with van der Waals surface area (Å²) < 4.78 is 1.13. The van der Waals surface area contributed by atoms with E-state index in [2.05, 4.69) is 10.3 Å². The van der Waals surface area contributed by atoms with Gasteiger partial charge < -0.3 is 5.32 Å². The summed E-state index contributed by atoms with van der Waals surface area (Å²) in [5, 5.41) is 2.64. The number of rotatable bonds is 5. The smallest absolute Gasteiger partial charge is 0.255 e. The first kappa shape index (κ1) is 17.3. The summed E-state index contributed by atoms with van der Waals surface area (Å²) in [7, 11) is 0. The number of aromatic nitrogens is 2. The van der Waals surface area contributed by atoms with E-state index in [1.807, 2.05) is 0 Å². The maximum Gasteiger partial charge on any atom is 0.255 e. The monoisotopic (exact) mass is 347 g/mol. The minimum Gasteiger partial charge on any atom is -0.325 e. The topological polar surface area (TPSA) is 81.1 Å². The van der Waals surface area contributed by atoms with Gasteiger partial charge in [-0.05, 0) is 19.1 Å². The largest absolute Gasteiger partial charge is 0.325 e. The van der Waals surface area contributed by atoms with Crippen LogP contribution < -0.4 is 10.9 Å². The van der Waals surface area contributed by atoms with Crippen LogP contribution in [0, 0.1) is 6.92 Å². The predicted molar refractivity (Wildman–Crippen MR) is 97.0 cm³/mol. The minimum absolute atomic E-state index is 0.387. The van der Waals surface area contributed by atoms with Crippen LogP contribution in [-0.2, 0) is 0 Å². The van der Waals surface area contributed by atoms with Crippen molar-refractivity contribution in [2.45, 2.75) is 13.1 Å². The van der Waals surface area contributed by atoms with Crippen molar-refractivity contribution >= 4 is 11.7 Å². The first-order valence-corrected chi connectivity index (χ1v) is 8.06. The Hall–Kier alpha value is -3.54. The first-order valence-electron chi connectivity index (χ1n) is 8.06. The highest BCUT2D eigenvalue weighted by Gasteiger charge is 2.25. The van der Waals surface area contributed by atoms with E-state index >= 15 is 0 Å². The summed E-state index contributed by atoms with van der Waals surface area (Å²) in [6, 6.07) is 18.3. The number of nitrogens with zero attached hydrogens (tertiary/aromatic N) is 2. The predicted octanol–water partition coefficient (Wildman–Crippen LogP) is 2.36. The summed E-state index contributed by atoms with van der Waals surface area (Å²) in [5.41, 5.74) is 0.900. The van der Waals surface area contributed by atoms with Gasteiger partial charge in [-0.25, -0.2) is 4.98 Å². The molecule has 6 nitrogen and oxygen atoms in total. The Kier molecular flexibility index (Phi) is 5.03. The molecule has 0 aliphatic carbocycles. The number of nitrogens with one attached hydrogen (secondary N) is 1. The average Bonchev–Trinajstić information content (AvgIpc) is 2.67. The van der Waals surface area contributed by atoms with Crippen molar-refractivity contribution < 1.29 is 9.59 Å². The zero-order valence-corrected chi connectivity index (χ0v) is 14.1. The van der Waals surface area contributed by atoms with E-state index in [9.17, 15) is 14.4 Å². The third kappa shape index (κ3) is 3.75. The van der Waals surface area contributed by atoms with Crippen LogP contribution >= 0.6 is 0 Å². The maximum absolute atomic E-state index is 12.9. The molecule has 0 saturated heterocycles. The van der Waals surface area contributed by atoms with E-state index in [4.69, 9.17) is 0 Å².